The maximum Gasteiger partial charge on any atom is 0.163 e. The predicted molar refractivity (Wildman–Crippen MR) is 67.2 cm³/mol. The molecule has 0 aliphatic rings. The topological polar surface area (TPSA) is 70.8 Å². The summed E-state index contributed by atoms with van der Waals surface area (Å²) in [7, 11) is 0. The van der Waals surface area contributed by atoms with Gasteiger partial charge in [0.1, 0.15) is 24.2 Å². The summed E-state index contributed by atoms with van der Waals surface area (Å²) in [6.07, 6.45) is 0. The molecule has 0 spiro atoms. The summed E-state index contributed by atoms with van der Waals surface area (Å²) in [4.78, 5) is 0. The van der Waals surface area contributed by atoms with Crippen LogP contribution in [0.5, 0.6) is 5.75 Å². The van der Waals surface area contributed by atoms with Crippen LogP contribution in [-0.2, 0) is 0 Å². The van der Waals surface area contributed by atoms with Crippen molar-refractivity contribution >= 4 is 5.82 Å². The first-order chi connectivity index (χ1) is 8.88. The second kappa shape index (κ2) is 6.21. The van der Waals surface area contributed by atoms with Crippen molar-refractivity contribution < 1.29 is 4.74 Å². The first-order valence-corrected chi connectivity index (χ1v) is 5.54. The highest BCUT2D eigenvalue weighted by molar-refractivity contribution is 5.35. The molecule has 90 valence electrons. The molecule has 0 fully saturated rings. The van der Waals surface area contributed by atoms with Crippen LogP contribution >= 0.6 is 0 Å². The van der Waals surface area contributed by atoms with E-state index in [1.165, 1.54) is 0 Å². The fourth-order valence-electron chi connectivity index (χ4n) is 1.35. The second-order valence-electron chi connectivity index (χ2n) is 3.50. The third-order valence-electron chi connectivity index (χ3n) is 2.20. The van der Waals surface area contributed by atoms with Crippen LogP contribution in [0.1, 0.15) is 5.69 Å². The van der Waals surface area contributed by atoms with E-state index in [2.05, 4.69) is 15.5 Å². The number of ether oxygens (including phenoxy) is 1. The van der Waals surface area contributed by atoms with Gasteiger partial charge in [0.15, 0.2) is 5.69 Å². The number of hydrogen-bond donors (Lipinski definition) is 1. The molecule has 0 aliphatic heterocycles. The molecule has 1 aromatic carbocycles. The van der Waals surface area contributed by atoms with Crippen LogP contribution in [0.25, 0.3) is 0 Å². The Labute approximate surface area is 105 Å². The molecule has 2 rings (SSSR count). The molecule has 1 aromatic heterocycles. The van der Waals surface area contributed by atoms with Gasteiger partial charge in [-0.1, -0.05) is 18.2 Å². The quantitative estimate of drug-likeness (QED) is 0.807. The normalized spacial score (nSPS) is 9.50. The van der Waals surface area contributed by atoms with Gasteiger partial charge in [-0.05, 0) is 24.3 Å². The fourth-order valence-corrected chi connectivity index (χ4v) is 1.35. The van der Waals surface area contributed by atoms with Gasteiger partial charge in [0.05, 0.1) is 6.54 Å². The molecule has 1 N–H and O–H groups in total. The van der Waals surface area contributed by atoms with Crippen LogP contribution in [0.2, 0.25) is 0 Å². The van der Waals surface area contributed by atoms with Crippen LogP contribution < -0.4 is 10.1 Å². The Morgan fingerprint density at radius 3 is 2.61 bits per heavy atom. The monoisotopic (exact) mass is 240 g/mol. The zero-order valence-electron chi connectivity index (χ0n) is 9.71. The molecule has 0 aliphatic carbocycles. The van der Waals surface area contributed by atoms with E-state index < -0.39 is 0 Å². The molecular formula is C13H12N4O. The van der Waals surface area contributed by atoms with Gasteiger partial charge in [0.2, 0.25) is 0 Å². The zero-order valence-corrected chi connectivity index (χ0v) is 9.71. The Hall–Kier alpha value is -2.61. The molecule has 2 aromatic rings. The summed E-state index contributed by atoms with van der Waals surface area (Å²) in [5.41, 5.74) is 0.307. The van der Waals surface area contributed by atoms with Gasteiger partial charge in [-0.2, -0.15) is 5.26 Å². The molecule has 18 heavy (non-hydrogen) atoms. The minimum Gasteiger partial charge on any atom is -0.492 e. The number of benzene rings is 1. The van der Waals surface area contributed by atoms with E-state index in [1.807, 2.05) is 36.4 Å². The standard InChI is InChI=1S/C13H12N4O/c14-10-11-6-7-13(17-16-11)15-8-9-18-12-4-2-1-3-5-12/h1-7H,8-9H2,(H,15,17). The first-order valence-electron chi connectivity index (χ1n) is 5.54. The van der Waals surface area contributed by atoms with Gasteiger partial charge in [0.25, 0.3) is 0 Å². The molecule has 0 bridgehead atoms. The maximum atomic E-state index is 8.58. The molecule has 0 saturated carbocycles. The summed E-state index contributed by atoms with van der Waals surface area (Å²) in [6, 6.07) is 14.9. The Bertz CT molecular complexity index is 519. The van der Waals surface area contributed by atoms with Gasteiger partial charge < -0.3 is 10.1 Å². The average Bonchev–Trinajstić information content (AvgIpc) is 2.45. The highest BCUT2D eigenvalue weighted by atomic mass is 16.5. The second-order valence-corrected chi connectivity index (χ2v) is 3.50. The lowest BCUT2D eigenvalue weighted by molar-refractivity contribution is 0.332. The van der Waals surface area contributed by atoms with Crippen LogP contribution in [0.3, 0.4) is 0 Å². The van der Waals surface area contributed by atoms with Crippen molar-refractivity contribution in [3.05, 3.63) is 48.2 Å². The van der Waals surface area contributed by atoms with Crippen molar-refractivity contribution in [3.8, 4) is 11.8 Å². The van der Waals surface area contributed by atoms with E-state index >= 15 is 0 Å². The van der Waals surface area contributed by atoms with Crippen molar-refractivity contribution in [2.75, 3.05) is 18.5 Å². The third-order valence-corrected chi connectivity index (χ3v) is 2.20. The van der Waals surface area contributed by atoms with E-state index in [0.717, 1.165) is 5.75 Å². The summed E-state index contributed by atoms with van der Waals surface area (Å²) in [5, 5.41) is 19.2. The maximum absolute atomic E-state index is 8.58. The predicted octanol–water partition coefficient (Wildman–Crippen LogP) is 1.84. The van der Waals surface area contributed by atoms with Crippen molar-refractivity contribution in [1.82, 2.24) is 10.2 Å². The van der Waals surface area contributed by atoms with Crippen molar-refractivity contribution in [2.24, 2.45) is 0 Å². The van der Waals surface area contributed by atoms with Crippen molar-refractivity contribution in [1.29, 1.82) is 5.26 Å². The van der Waals surface area contributed by atoms with Gasteiger partial charge in [0, 0.05) is 0 Å². The SMILES string of the molecule is N#Cc1ccc(NCCOc2ccccc2)nn1. The number of rotatable bonds is 5. The molecule has 0 unspecified atom stereocenters. The molecule has 0 atom stereocenters. The van der Waals surface area contributed by atoms with Crippen LogP contribution in [0.15, 0.2) is 42.5 Å². The summed E-state index contributed by atoms with van der Waals surface area (Å²) in [6.45, 7) is 1.15. The number of nitriles is 1. The molecule has 0 saturated heterocycles. The highest BCUT2D eigenvalue weighted by Gasteiger charge is 1.96. The molecule has 0 radical (unpaired) electrons. The molecule has 0 amide bonds. The van der Waals surface area contributed by atoms with Crippen molar-refractivity contribution in [3.63, 3.8) is 0 Å². The summed E-state index contributed by atoms with van der Waals surface area (Å²) < 4.78 is 5.51. The zero-order chi connectivity index (χ0) is 12.6. The van der Waals surface area contributed by atoms with E-state index in [0.29, 0.717) is 24.7 Å². The molecule has 5 nitrogen and oxygen atoms in total. The summed E-state index contributed by atoms with van der Waals surface area (Å²) in [5.74, 6) is 1.47. The van der Waals surface area contributed by atoms with Crippen molar-refractivity contribution in [2.45, 2.75) is 0 Å². The minimum atomic E-state index is 0.307. The Morgan fingerprint density at radius 2 is 1.94 bits per heavy atom. The Kier molecular flexibility index (Phi) is 4.09. The summed E-state index contributed by atoms with van der Waals surface area (Å²) >= 11 is 0. The van der Waals surface area contributed by atoms with Gasteiger partial charge in [-0.3, -0.25) is 0 Å². The minimum absolute atomic E-state index is 0.307. The average molecular weight is 240 g/mol. The molecule has 1 heterocycles. The largest absolute Gasteiger partial charge is 0.492 e. The van der Waals surface area contributed by atoms with E-state index in [9.17, 15) is 0 Å². The number of aromatic nitrogens is 2. The van der Waals surface area contributed by atoms with Gasteiger partial charge in [-0.15, -0.1) is 10.2 Å². The highest BCUT2D eigenvalue weighted by Crippen LogP contribution is 2.07. The van der Waals surface area contributed by atoms with E-state index in [4.69, 9.17) is 10.00 Å². The Balaban J connectivity index is 1.74. The first kappa shape index (κ1) is 11.9. The lowest BCUT2D eigenvalue weighted by atomic mass is 10.3. The van der Waals surface area contributed by atoms with E-state index in [1.54, 1.807) is 12.1 Å². The van der Waals surface area contributed by atoms with Gasteiger partial charge in [-0.25, -0.2) is 0 Å². The van der Waals surface area contributed by atoms with Crippen LogP contribution in [-0.4, -0.2) is 23.3 Å². The Morgan fingerprint density at radius 1 is 1.11 bits per heavy atom. The van der Waals surface area contributed by atoms with Gasteiger partial charge >= 0.3 is 0 Å². The fraction of sp³-hybridized carbons (Fsp3) is 0.154. The number of hydrogen-bond acceptors (Lipinski definition) is 5. The molecular weight excluding hydrogens is 228 g/mol. The lowest BCUT2D eigenvalue weighted by Gasteiger charge is -2.07. The lowest BCUT2D eigenvalue weighted by Crippen LogP contribution is -2.12. The smallest absolute Gasteiger partial charge is 0.163 e. The number of anilines is 1. The third kappa shape index (κ3) is 3.46. The number of nitrogens with zero attached hydrogens (tertiary/aromatic N) is 3. The number of para-hydroxylation sites is 1. The van der Waals surface area contributed by atoms with Crippen LogP contribution in [0, 0.1) is 11.3 Å². The van der Waals surface area contributed by atoms with Crippen LogP contribution in [0.4, 0.5) is 5.82 Å². The molecule has 5 heteroatoms. The van der Waals surface area contributed by atoms with E-state index in [-0.39, 0.29) is 0 Å². The number of nitrogens with one attached hydrogen (secondary N) is 1.